The number of hydrogen-bond donors (Lipinski definition) is 0. The van der Waals surface area contributed by atoms with Gasteiger partial charge in [0.2, 0.25) is 5.91 Å². The van der Waals surface area contributed by atoms with Crippen LogP contribution in [-0.2, 0) is 14.3 Å². The summed E-state index contributed by atoms with van der Waals surface area (Å²) in [4.78, 5) is 26.0. The summed E-state index contributed by atoms with van der Waals surface area (Å²) in [7, 11) is 0. The molecule has 1 unspecified atom stereocenters. The van der Waals surface area contributed by atoms with Gasteiger partial charge in [-0.15, -0.1) is 0 Å². The average molecular weight is 297 g/mol. The maximum absolute atomic E-state index is 12.3. The molecule has 0 spiro atoms. The van der Waals surface area contributed by atoms with Crippen LogP contribution in [0.3, 0.4) is 0 Å². The number of carbonyl (C=O) groups is 2. The minimum absolute atomic E-state index is 0.128. The van der Waals surface area contributed by atoms with Crippen molar-refractivity contribution in [2.24, 2.45) is 0 Å². The lowest BCUT2D eigenvalue weighted by Crippen LogP contribution is -2.48. The number of piperidine rings is 1. The van der Waals surface area contributed by atoms with E-state index in [1.807, 2.05) is 6.92 Å². The first-order chi connectivity index (χ1) is 10.2. The van der Waals surface area contributed by atoms with Crippen LogP contribution in [0, 0.1) is 0 Å². The Balaban J connectivity index is 2.33. The summed E-state index contributed by atoms with van der Waals surface area (Å²) in [5.74, 6) is -0.100. The van der Waals surface area contributed by atoms with Crippen molar-refractivity contribution in [3.05, 3.63) is 0 Å². The van der Waals surface area contributed by atoms with Crippen LogP contribution in [0.4, 0.5) is 0 Å². The molecule has 1 heterocycles. The molecular formula is C17H31NO3. The lowest BCUT2D eigenvalue weighted by molar-refractivity contribution is -0.156. The lowest BCUT2D eigenvalue weighted by atomic mass is 10.0. The van der Waals surface area contributed by atoms with E-state index in [9.17, 15) is 9.59 Å². The minimum Gasteiger partial charge on any atom is -0.464 e. The Morgan fingerprint density at radius 1 is 1.05 bits per heavy atom. The van der Waals surface area contributed by atoms with Crippen molar-refractivity contribution in [3.8, 4) is 0 Å². The van der Waals surface area contributed by atoms with Gasteiger partial charge in [-0.25, -0.2) is 4.79 Å². The van der Waals surface area contributed by atoms with E-state index in [0.29, 0.717) is 19.6 Å². The molecule has 1 saturated heterocycles. The van der Waals surface area contributed by atoms with Gasteiger partial charge in [0.1, 0.15) is 6.04 Å². The highest BCUT2D eigenvalue weighted by molar-refractivity contribution is 5.84. The predicted octanol–water partition coefficient (Wildman–Crippen LogP) is 3.68. The third kappa shape index (κ3) is 6.49. The van der Waals surface area contributed by atoms with E-state index in [2.05, 4.69) is 6.92 Å². The largest absolute Gasteiger partial charge is 0.464 e. The zero-order chi connectivity index (χ0) is 15.5. The molecule has 1 atom stereocenters. The molecule has 1 amide bonds. The predicted molar refractivity (Wildman–Crippen MR) is 84.0 cm³/mol. The third-order valence-corrected chi connectivity index (χ3v) is 4.13. The first-order valence-corrected chi connectivity index (χ1v) is 8.66. The zero-order valence-electron chi connectivity index (χ0n) is 13.7. The van der Waals surface area contributed by atoms with E-state index in [1.165, 1.54) is 25.7 Å². The number of ether oxygens (including phenoxy) is 1. The van der Waals surface area contributed by atoms with Crippen molar-refractivity contribution in [3.63, 3.8) is 0 Å². The molecule has 1 rings (SSSR count). The molecule has 0 radical (unpaired) electrons. The van der Waals surface area contributed by atoms with Crippen LogP contribution < -0.4 is 0 Å². The first-order valence-electron chi connectivity index (χ1n) is 8.66. The molecule has 21 heavy (non-hydrogen) atoms. The van der Waals surface area contributed by atoms with Gasteiger partial charge >= 0.3 is 5.97 Å². The van der Waals surface area contributed by atoms with Crippen molar-refractivity contribution < 1.29 is 14.3 Å². The Hall–Kier alpha value is -1.06. The Morgan fingerprint density at radius 3 is 2.48 bits per heavy atom. The van der Waals surface area contributed by atoms with Crippen LogP contribution in [0.1, 0.15) is 78.1 Å². The molecule has 0 bridgehead atoms. The lowest BCUT2D eigenvalue weighted by Gasteiger charge is -2.34. The number of esters is 1. The fourth-order valence-electron chi connectivity index (χ4n) is 2.91. The van der Waals surface area contributed by atoms with Gasteiger partial charge in [0, 0.05) is 13.0 Å². The second kappa shape index (κ2) is 10.6. The monoisotopic (exact) mass is 297 g/mol. The van der Waals surface area contributed by atoms with Crippen LogP contribution in [0.25, 0.3) is 0 Å². The summed E-state index contributed by atoms with van der Waals surface area (Å²) in [6, 6.07) is -0.341. The molecule has 4 nitrogen and oxygen atoms in total. The quantitative estimate of drug-likeness (QED) is 0.482. The number of likely N-dealkylation sites (tertiary alicyclic amines) is 1. The van der Waals surface area contributed by atoms with Gasteiger partial charge in [0.05, 0.1) is 6.61 Å². The van der Waals surface area contributed by atoms with E-state index in [0.717, 1.165) is 32.1 Å². The number of unbranched alkanes of at least 4 members (excludes halogenated alkanes) is 5. The smallest absolute Gasteiger partial charge is 0.328 e. The minimum atomic E-state index is -0.341. The summed E-state index contributed by atoms with van der Waals surface area (Å²) in [6.45, 7) is 5.10. The van der Waals surface area contributed by atoms with Crippen molar-refractivity contribution in [1.29, 1.82) is 0 Å². The van der Waals surface area contributed by atoms with Gasteiger partial charge in [0.25, 0.3) is 0 Å². The summed E-state index contributed by atoms with van der Waals surface area (Å²) < 4.78 is 5.10. The average Bonchev–Trinajstić information content (AvgIpc) is 2.50. The maximum atomic E-state index is 12.3. The molecule has 0 aromatic rings. The molecule has 0 aliphatic carbocycles. The first kappa shape index (κ1) is 18.0. The highest BCUT2D eigenvalue weighted by Gasteiger charge is 2.32. The highest BCUT2D eigenvalue weighted by Crippen LogP contribution is 2.20. The number of rotatable bonds is 9. The van der Waals surface area contributed by atoms with Crippen molar-refractivity contribution in [2.45, 2.75) is 84.1 Å². The number of hydrogen-bond acceptors (Lipinski definition) is 3. The zero-order valence-corrected chi connectivity index (χ0v) is 13.7. The molecule has 0 aromatic heterocycles. The van der Waals surface area contributed by atoms with Gasteiger partial charge in [-0.3, -0.25) is 4.79 Å². The summed E-state index contributed by atoms with van der Waals surface area (Å²) >= 11 is 0. The summed E-state index contributed by atoms with van der Waals surface area (Å²) in [5, 5.41) is 0. The molecule has 0 saturated carbocycles. The van der Waals surface area contributed by atoms with Crippen LogP contribution in [0.2, 0.25) is 0 Å². The Bertz CT molecular complexity index is 317. The molecule has 4 heteroatoms. The SMILES string of the molecule is CCCCCCCCC(=O)N1CCCCC1C(=O)OCC. The fourth-order valence-corrected chi connectivity index (χ4v) is 2.91. The Labute approximate surface area is 129 Å². The molecule has 0 N–H and O–H groups in total. The number of nitrogens with zero attached hydrogens (tertiary/aromatic N) is 1. The highest BCUT2D eigenvalue weighted by atomic mass is 16.5. The van der Waals surface area contributed by atoms with Gasteiger partial charge in [-0.1, -0.05) is 39.0 Å². The summed E-state index contributed by atoms with van der Waals surface area (Å²) in [5.41, 5.74) is 0. The van der Waals surface area contributed by atoms with Crippen molar-refractivity contribution >= 4 is 11.9 Å². The van der Waals surface area contributed by atoms with Crippen LogP contribution in [0.5, 0.6) is 0 Å². The summed E-state index contributed by atoms with van der Waals surface area (Å²) in [6.07, 6.45) is 10.4. The van der Waals surface area contributed by atoms with Crippen molar-refractivity contribution in [1.82, 2.24) is 4.90 Å². The van der Waals surface area contributed by atoms with Crippen LogP contribution in [0.15, 0.2) is 0 Å². The fraction of sp³-hybridized carbons (Fsp3) is 0.882. The second-order valence-electron chi connectivity index (χ2n) is 5.87. The molecule has 1 aliphatic heterocycles. The van der Waals surface area contributed by atoms with E-state index in [-0.39, 0.29) is 17.9 Å². The van der Waals surface area contributed by atoms with Gasteiger partial charge in [-0.05, 0) is 32.6 Å². The van der Waals surface area contributed by atoms with Gasteiger partial charge in [-0.2, -0.15) is 0 Å². The Kier molecular flexibility index (Phi) is 9.11. The topological polar surface area (TPSA) is 46.6 Å². The number of carbonyl (C=O) groups excluding carboxylic acids is 2. The third-order valence-electron chi connectivity index (χ3n) is 4.13. The Morgan fingerprint density at radius 2 is 1.76 bits per heavy atom. The maximum Gasteiger partial charge on any atom is 0.328 e. The van der Waals surface area contributed by atoms with Crippen LogP contribution >= 0.6 is 0 Å². The van der Waals surface area contributed by atoms with Crippen LogP contribution in [-0.4, -0.2) is 36.0 Å². The van der Waals surface area contributed by atoms with Gasteiger partial charge < -0.3 is 9.64 Å². The van der Waals surface area contributed by atoms with E-state index < -0.39 is 0 Å². The molecule has 1 fully saturated rings. The normalized spacial score (nSPS) is 18.6. The standard InChI is InChI=1S/C17H31NO3/c1-3-5-6-7-8-9-13-16(19)18-14-11-10-12-15(18)17(20)21-4-2/h15H,3-14H2,1-2H3. The number of amides is 1. The van der Waals surface area contributed by atoms with Gasteiger partial charge in [0.15, 0.2) is 0 Å². The van der Waals surface area contributed by atoms with E-state index in [4.69, 9.17) is 4.74 Å². The molecule has 1 aliphatic rings. The molecule has 0 aromatic carbocycles. The molecule has 122 valence electrons. The molecular weight excluding hydrogens is 266 g/mol. The van der Waals surface area contributed by atoms with E-state index in [1.54, 1.807) is 4.90 Å². The van der Waals surface area contributed by atoms with E-state index >= 15 is 0 Å². The van der Waals surface area contributed by atoms with Crippen molar-refractivity contribution in [2.75, 3.05) is 13.2 Å². The second-order valence-corrected chi connectivity index (χ2v) is 5.87.